The Labute approximate surface area is 118 Å². The molecule has 0 atom stereocenters. The lowest BCUT2D eigenvalue weighted by Gasteiger charge is -2.11. The van der Waals surface area contributed by atoms with E-state index in [1.165, 1.54) is 18.2 Å². The Morgan fingerprint density at radius 3 is 2.38 bits per heavy atom. The number of hydrogen-bond donors (Lipinski definition) is 2. The lowest BCUT2D eigenvalue weighted by molar-refractivity contribution is -0.136. The van der Waals surface area contributed by atoms with Crippen molar-refractivity contribution in [2.75, 3.05) is 11.5 Å². The van der Waals surface area contributed by atoms with Gasteiger partial charge in [0, 0.05) is 17.4 Å². The van der Waals surface area contributed by atoms with Crippen LogP contribution in [0.5, 0.6) is 5.75 Å². The SMILES string of the molecule is Nc1cccc(OC(=O)c2ccc(N)c(C(F)(F)F)c2)c1. The fourth-order valence-corrected chi connectivity index (χ4v) is 1.67. The summed E-state index contributed by atoms with van der Waals surface area (Å²) in [6.07, 6.45) is -4.64. The molecule has 4 N–H and O–H groups in total. The van der Waals surface area contributed by atoms with Gasteiger partial charge < -0.3 is 16.2 Å². The van der Waals surface area contributed by atoms with Gasteiger partial charge in [-0.25, -0.2) is 4.79 Å². The van der Waals surface area contributed by atoms with Crippen LogP contribution >= 0.6 is 0 Å². The molecular weight excluding hydrogens is 285 g/mol. The van der Waals surface area contributed by atoms with Crippen LogP contribution in [0.1, 0.15) is 15.9 Å². The van der Waals surface area contributed by atoms with Gasteiger partial charge in [0.2, 0.25) is 0 Å². The highest BCUT2D eigenvalue weighted by Crippen LogP contribution is 2.34. The van der Waals surface area contributed by atoms with Crippen LogP contribution in [-0.4, -0.2) is 5.97 Å². The number of halogens is 3. The molecule has 0 heterocycles. The third-order valence-corrected chi connectivity index (χ3v) is 2.66. The van der Waals surface area contributed by atoms with E-state index in [4.69, 9.17) is 16.2 Å². The number of carbonyl (C=O) groups excluding carboxylic acids is 1. The molecule has 0 fully saturated rings. The molecule has 2 aromatic carbocycles. The number of nitrogen functional groups attached to an aromatic ring is 2. The Bertz CT molecular complexity index is 684. The molecule has 0 saturated heterocycles. The van der Waals surface area contributed by atoms with Crippen molar-refractivity contribution in [2.45, 2.75) is 6.18 Å². The number of rotatable bonds is 2. The minimum absolute atomic E-state index is 0.144. The molecule has 7 heteroatoms. The van der Waals surface area contributed by atoms with E-state index in [1.54, 1.807) is 12.1 Å². The molecule has 0 amide bonds. The van der Waals surface area contributed by atoms with Crippen LogP contribution in [0.3, 0.4) is 0 Å². The van der Waals surface area contributed by atoms with Crippen molar-refractivity contribution in [1.82, 2.24) is 0 Å². The minimum atomic E-state index is -4.64. The van der Waals surface area contributed by atoms with E-state index in [-0.39, 0.29) is 11.3 Å². The fraction of sp³-hybridized carbons (Fsp3) is 0.0714. The van der Waals surface area contributed by atoms with Crippen LogP contribution < -0.4 is 16.2 Å². The van der Waals surface area contributed by atoms with Gasteiger partial charge in [0.25, 0.3) is 0 Å². The number of esters is 1. The molecule has 21 heavy (non-hydrogen) atoms. The van der Waals surface area contributed by atoms with Crippen molar-refractivity contribution in [1.29, 1.82) is 0 Å². The van der Waals surface area contributed by atoms with E-state index in [0.717, 1.165) is 6.07 Å². The predicted octanol–water partition coefficient (Wildman–Crippen LogP) is 3.09. The number of nitrogens with two attached hydrogens (primary N) is 2. The zero-order chi connectivity index (χ0) is 15.6. The highest BCUT2D eigenvalue weighted by Gasteiger charge is 2.33. The Morgan fingerprint density at radius 1 is 1.05 bits per heavy atom. The summed E-state index contributed by atoms with van der Waals surface area (Å²) in [5.74, 6) is -0.781. The van der Waals surface area contributed by atoms with Crippen molar-refractivity contribution < 1.29 is 22.7 Å². The minimum Gasteiger partial charge on any atom is -0.423 e. The molecule has 0 aliphatic heterocycles. The fourth-order valence-electron chi connectivity index (χ4n) is 1.67. The maximum atomic E-state index is 12.7. The van der Waals surface area contributed by atoms with E-state index in [0.29, 0.717) is 11.8 Å². The second-order valence-corrected chi connectivity index (χ2v) is 4.26. The Morgan fingerprint density at radius 2 is 1.76 bits per heavy atom. The van der Waals surface area contributed by atoms with Crippen LogP contribution in [-0.2, 0) is 6.18 Å². The summed E-state index contributed by atoms with van der Waals surface area (Å²) in [5, 5.41) is 0. The first kappa shape index (κ1) is 14.7. The zero-order valence-corrected chi connectivity index (χ0v) is 10.6. The predicted molar refractivity (Wildman–Crippen MR) is 71.7 cm³/mol. The molecular formula is C14H11F3N2O2. The van der Waals surface area contributed by atoms with Crippen molar-refractivity contribution in [3.63, 3.8) is 0 Å². The normalized spacial score (nSPS) is 11.2. The van der Waals surface area contributed by atoms with Crippen LogP contribution in [0, 0.1) is 0 Å². The Balaban J connectivity index is 2.28. The van der Waals surface area contributed by atoms with Crippen molar-refractivity contribution in [3.05, 3.63) is 53.6 Å². The second-order valence-electron chi connectivity index (χ2n) is 4.26. The van der Waals surface area contributed by atoms with Gasteiger partial charge in [-0.3, -0.25) is 0 Å². The van der Waals surface area contributed by atoms with Crippen molar-refractivity contribution >= 4 is 17.3 Å². The molecule has 4 nitrogen and oxygen atoms in total. The molecule has 0 bridgehead atoms. The third kappa shape index (κ3) is 3.44. The first-order chi connectivity index (χ1) is 9.77. The van der Waals surface area contributed by atoms with E-state index in [1.807, 2.05) is 0 Å². The van der Waals surface area contributed by atoms with Gasteiger partial charge in [-0.05, 0) is 30.3 Å². The molecule has 0 unspecified atom stereocenters. The van der Waals surface area contributed by atoms with Crippen molar-refractivity contribution in [2.24, 2.45) is 0 Å². The molecule has 0 aliphatic carbocycles. The number of alkyl halides is 3. The molecule has 0 saturated carbocycles. The first-order valence-electron chi connectivity index (χ1n) is 5.82. The summed E-state index contributed by atoms with van der Waals surface area (Å²) in [6.45, 7) is 0. The van der Waals surface area contributed by atoms with E-state index < -0.39 is 23.4 Å². The topological polar surface area (TPSA) is 78.3 Å². The summed E-state index contributed by atoms with van der Waals surface area (Å²) in [7, 11) is 0. The number of anilines is 2. The van der Waals surface area contributed by atoms with Crippen LogP contribution in [0.2, 0.25) is 0 Å². The quantitative estimate of drug-likeness (QED) is 0.507. The average Bonchev–Trinajstić information content (AvgIpc) is 2.37. The van der Waals surface area contributed by atoms with Gasteiger partial charge in [0.15, 0.2) is 0 Å². The van der Waals surface area contributed by atoms with Gasteiger partial charge in [-0.2, -0.15) is 13.2 Å². The average molecular weight is 296 g/mol. The molecule has 0 spiro atoms. The van der Waals surface area contributed by atoms with Gasteiger partial charge in [0.1, 0.15) is 5.75 Å². The molecule has 0 radical (unpaired) electrons. The summed E-state index contributed by atoms with van der Waals surface area (Å²) < 4.78 is 43.1. The highest BCUT2D eigenvalue weighted by molar-refractivity contribution is 5.92. The summed E-state index contributed by atoms with van der Waals surface area (Å²) in [5.41, 5.74) is 9.36. The molecule has 2 aromatic rings. The van der Waals surface area contributed by atoms with Gasteiger partial charge in [0.05, 0.1) is 11.1 Å². The highest BCUT2D eigenvalue weighted by atomic mass is 19.4. The number of ether oxygens (including phenoxy) is 1. The van der Waals surface area contributed by atoms with Gasteiger partial charge in [-0.15, -0.1) is 0 Å². The van der Waals surface area contributed by atoms with E-state index >= 15 is 0 Å². The molecule has 0 aliphatic rings. The van der Waals surface area contributed by atoms with Gasteiger partial charge in [-0.1, -0.05) is 6.07 Å². The number of benzene rings is 2. The van der Waals surface area contributed by atoms with E-state index in [2.05, 4.69) is 0 Å². The van der Waals surface area contributed by atoms with Crippen LogP contribution in [0.15, 0.2) is 42.5 Å². The summed E-state index contributed by atoms with van der Waals surface area (Å²) in [4.78, 5) is 11.8. The largest absolute Gasteiger partial charge is 0.423 e. The van der Waals surface area contributed by atoms with Crippen molar-refractivity contribution in [3.8, 4) is 5.75 Å². The van der Waals surface area contributed by atoms with Crippen LogP contribution in [0.4, 0.5) is 24.5 Å². The van der Waals surface area contributed by atoms with Crippen LogP contribution in [0.25, 0.3) is 0 Å². The maximum Gasteiger partial charge on any atom is 0.418 e. The lowest BCUT2D eigenvalue weighted by atomic mass is 10.1. The monoisotopic (exact) mass is 296 g/mol. The van der Waals surface area contributed by atoms with Gasteiger partial charge >= 0.3 is 12.1 Å². The Kier molecular flexibility index (Phi) is 3.75. The summed E-state index contributed by atoms with van der Waals surface area (Å²) >= 11 is 0. The molecule has 110 valence electrons. The lowest BCUT2D eigenvalue weighted by Crippen LogP contribution is -2.13. The first-order valence-corrected chi connectivity index (χ1v) is 5.82. The number of carbonyl (C=O) groups is 1. The smallest absolute Gasteiger partial charge is 0.418 e. The number of hydrogen-bond acceptors (Lipinski definition) is 4. The molecule has 0 aromatic heterocycles. The van der Waals surface area contributed by atoms with E-state index in [9.17, 15) is 18.0 Å². The Hall–Kier alpha value is -2.70. The summed E-state index contributed by atoms with van der Waals surface area (Å²) in [6, 6.07) is 8.84. The standard InChI is InChI=1S/C14H11F3N2O2/c15-14(16,17)11-6-8(4-5-12(11)19)13(20)21-10-3-1-2-9(18)7-10/h1-7H,18-19H2. The maximum absolute atomic E-state index is 12.7. The third-order valence-electron chi connectivity index (χ3n) is 2.66. The zero-order valence-electron chi connectivity index (χ0n) is 10.6. The second kappa shape index (κ2) is 5.35. The molecule has 2 rings (SSSR count).